The van der Waals surface area contributed by atoms with E-state index in [1.807, 2.05) is 13.8 Å². The van der Waals surface area contributed by atoms with Gasteiger partial charge >= 0.3 is 12.1 Å². The first-order valence-corrected chi connectivity index (χ1v) is 10.1. The topological polar surface area (TPSA) is 104 Å². The van der Waals surface area contributed by atoms with Crippen molar-refractivity contribution in [2.75, 3.05) is 5.75 Å². The molecule has 0 spiro atoms. The molecule has 2 aliphatic heterocycles. The second-order valence-corrected chi connectivity index (χ2v) is 9.73. The van der Waals surface area contributed by atoms with Gasteiger partial charge in [-0.25, -0.2) is 14.5 Å². The maximum atomic E-state index is 13.4. The van der Waals surface area contributed by atoms with Crippen LogP contribution in [0.4, 0.5) is 4.79 Å². The average Bonchev–Trinajstić information content (AvgIpc) is 2.96. The lowest BCUT2D eigenvalue weighted by atomic mass is 9.85. The molecule has 8 nitrogen and oxygen atoms in total. The number of carboxylic acid groups (broad SMARTS) is 1. The van der Waals surface area contributed by atoms with Crippen LogP contribution in [-0.4, -0.2) is 67.1 Å². The van der Waals surface area contributed by atoms with Crippen LogP contribution in [0.1, 0.15) is 54.4 Å². The lowest BCUT2D eigenvalue weighted by molar-refractivity contribution is -0.153. The molecule has 2 fully saturated rings. The number of rotatable bonds is 4. The lowest BCUT2D eigenvalue weighted by Gasteiger charge is -2.39. The Balaban J connectivity index is 2.49. The highest BCUT2D eigenvalue weighted by atomic mass is 32.2. The molecule has 152 valence electrons. The maximum Gasteiger partial charge on any atom is 0.418 e. The standard InChI is InChI=1S/C18H28N2O6S/c1-10(2)7-18(20(11(3)21)16(25)26-17(4,5)6)8-13-19(15(18)24)12(9-27-13)14(22)23/h10,12-13H,7-9H2,1-6H3,(H,22,23)/t12-,13+,18+/m0/s1. The van der Waals surface area contributed by atoms with Gasteiger partial charge < -0.3 is 14.7 Å². The summed E-state index contributed by atoms with van der Waals surface area (Å²) in [4.78, 5) is 52.5. The number of hydrogen-bond donors (Lipinski definition) is 1. The predicted octanol–water partition coefficient (Wildman–Crippen LogP) is 2.31. The highest BCUT2D eigenvalue weighted by molar-refractivity contribution is 8.00. The number of carbonyl (C=O) groups is 4. The molecule has 0 aromatic rings. The molecule has 0 radical (unpaired) electrons. The van der Waals surface area contributed by atoms with Crippen molar-refractivity contribution in [2.45, 2.75) is 76.9 Å². The summed E-state index contributed by atoms with van der Waals surface area (Å²) in [6.45, 7) is 10.1. The average molecular weight is 400 g/mol. The van der Waals surface area contributed by atoms with Crippen LogP contribution < -0.4 is 0 Å². The molecule has 3 atom stereocenters. The molecule has 0 saturated carbocycles. The number of aliphatic carboxylic acids is 1. The zero-order chi connectivity index (χ0) is 20.7. The van der Waals surface area contributed by atoms with Crippen LogP contribution in [0.2, 0.25) is 0 Å². The van der Waals surface area contributed by atoms with Gasteiger partial charge in [0.25, 0.3) is 5.91 Å². The van der Waals surface area contributed by atoms with E-state index >= 15 is 0 Å². The Morgan fingerprint density at radius 3 is 2.41 bits per heavy atom. The Hall–Kier alpha value is -1.77. The van der Waals surface area contributed by atoms with Gasteiger partial charge in [0.2, 0.25) is 5.91 Å². The normalized spacial score (nSPS) is 27.7. The van der Waals surface area contributed by atoms with Crippen LogP contribution in [0.25, 0.3) is 0 Å². The molecule has 9 heteroatoms. The minimum Gasteiger partial charge on any atom is -0.480 e. The van der Waals surface area contributed by atoms with Gasteiger partial charge in [0.05, 0.1) is 5.37 Å². The maximum absolute atomic E-state index is 13.4. The molecule has 1 N–H and O–H groups in total. The van der Waals surface area contributed by atoms with Crippen molar-refractivity contribution in [3.8, 4) is 0 Å². The van der Waals surface area contributed by atoms with Gasteiger partial charge in [0.1, 0.15) is 17.2 Å². The number of carboxylic acids is 1. The monoisotopic (exact) mass is 400 g/mol. The summed E-state index contributed by atoms with van der Waals surface area (Å²) in [5.74, 6) is -1.84. The largest absolute Gasteiger partial charge is 0.480 e. The van der Waals surface area contributed by atoms with Crippen molar-refractivity contribution in [3.63, 3.8) is 0 Å². The van der Waals surface area contributed by atoms with E-state index < -0.39 is 41.1 Å². The summed E-state index contributed by atoms with van der Waals surface area (Å²) in [5, 5.41) is 9.09. The number of hydrogen-bond acceptors (Lipinski definition) is 6. The molecule has 2 aliphatic rings. The Labute approximate surface area is 163 Å². The first-order chi connectivity index (χ1) is 12.3. The van der Waals surface area contributed by atoms with Crippen molar-refractivity contribution in [2.24, 2.45) is 5.92 Å². The third-order valence-corrected chi connectivity index (χ3v) is 5.87. The number of ether oxygens (including phenoxy) is 1. The fourth-order valence-electron chi connectivity index (χ4n) is 3.84. The van der Waals surface area contributed by atoms with E-state index in [0.29, 0.717) is 5.75 Å². The molecule has 2 rings (SSSR count). The predicted molar refractivity (Wildman–Crippen MR) is 100 cm³/mol. The number of amides is 3. The summed E-state index contributed by atoms with van der Waals surface area (Å²) >= 11 is 1.37. The molecular formula is C18H28N2O6S. The molecule has 2 heterocycles. The van der Waals surface area contributed by atoms with Gasteiger partial charge in [0, 0.05) is 19.1 Å². The smallest absolute Gasteiger partial charge is 0.418 e. The molecule has 0 aromatic carbocycles. The molecule has 2 saturated heterocycles. The quantitative estimate of drug-likeness (QED) is 0.772. The molecule has 3 amide bonds. The SMILES string of the molecule is CC(=O)N(C(=O)OC(C)(C)C)[C@]1(CC(C)C)C[C@H]2SC[C@@H](C(=O)O)N2C1=O. The fraction of sp³-hybridized carbons (Fsp3) is 0.778. The molecule has 0 bridgehead atoms. The van der Waals surface area contributed by atoms with Crippen LogP contribution in [-0.2, 0) is 19.1 Å². The zero-order valence-electron chi connectivity index (χ0n) is 16.6. The number of carbonyl (C=O) groups excluding carboxylic acids is 3. The summed E-state index contributed by atoms with van der Waals surface area (Å²) in [6.07, 6.45) is -0.413. The van der Waals surface area contributed by atoms with Crippen LogP contribution in [0, 0.1) is 5.92 Å². The molecule has 0 unspecified atom stereocenters. The van der Waals surface area contributed by atoms with E-state index in [-0.39, 0.29) is 24.1 Å². The Bertz CT molecular complexity index is 659. The van der Waals surface area contributed by atoms with Crippen molar-refractivity contribution < 1.29 is 29.0 Å². The van der Waals surface area contributed by atoms with Gasteiger partial charge in [-0.1, -0.05) is 13.8 Å². The van der Waals surface area contributed by atoms with Crippen molar-refractivity contribution >= 4 is 35.6 Å². The van der Waals surface area contributed by atoms with E-state index in [1.54, 1.807) is 20.8 Å². The summed E-state index contributed by atoms with van der Waals surface area (Å²) < 4.78 is 5.40. The van der Waals surface area contributed by atoms with Gasteiger partial charge in [-0.3, -0.25) is 9.59 Å². The minimum atomic E-state index is -1.42. The van der Waals surface area contributed by atoms with Gasteiger partial charge in [-0.15, -0.1) is 11.8 Å². The number of nitrogens with zero attached hydrogens (tertiary/aromatic N) is 2. The molecule has 27 heavy (non-hydrogen) atoms. The van der Waals surface area contributed by atoms with E-state index in [2.05, 4.69) is 0 Å². The lowest BCUT2D eigenvalue weighted by Crippen LogP contribution is -2.61. The van der Waals surface area contributed by atoms with Gasteiger partial charge in [-0.2, -0.15) is 0 Å². The van der Waals surface area contributed by atoms with Gasteiger partial charge in [0.15, 0.2) is 0 Å². The highest BCUT2D eigenvalue weighted by Gasteiger charge is 2.62. The van der Waals surface area contributed by atoms with E-state index in [1.165, 1.54) is 23.6 Å². The Morgan fingerprint density at radius 1 is 1.37 bits per heavy atom. The van der Waals surface area contributed by atoms with Crippen molar-refractivity contribution in [1.29, 1.82) is 0 Å². The number of imide groups is 1. The van der Waals surface area contributed by atoms with Crippen LogP contribution in [0.3, 0.4) is 0 Å². The number of thioether (sulfide) groups is 1. The first kappa shape index (κ1) is 21.5. The minimum absolute atomic E-state index is 0.00606. The van der Waals surface area contributed by atoms with E-state index in [4.69, 9.17) is 4.74 Å². The van der Waals surface area contributed by atoms with Crippen molar-refractivity contribution in [3.05, 3.63) is 0 Å². The second kappa shape index (κ2) is 7.33. The summed E-state index contributed by atoms with van der Waals surface area (Å²) in [7, 11) is 0. The fourth-order valence-corrected chi connectivity index (χ4v) is 5.34. The molecule has 0 aromatic heterocycles. The van der Waals surface area contributed by atoms with Gasteiger partial charge in [-0.05, 0) is 33.1 Å². The van der Waals surface area contributed by atoms with E-state index in [9.17, 15) is 24.3 Å². The third-order valence-electron chi connectivity index (χ3n) is 4.59. The zero-order valence-corrected chi connectivity index (χ0v) is 17.5. The Morgan fingerprint density at radius 2 is 1.96 bits per heavy atom. The van der Waals surface area contributed by atoms with E-state index in [0.717, 1.165) is 4.90 Å². The highest BCUT2D eigenvalue weighted by Crippen LogP contribution is 2.47. The third kappa shape index (κ3) is 4.07. The second-order valence-electron chi connectivity index (χ2n) is 8.52. The molecular weight excluding hydrogens is 372 g/mol. The first-order valence-electron chi connectivity index (χ1n) is 9.01. The van der Waals surface area contributed by atoms with Crippen molar-refractivity contribution in [1.82, 2.24) is 9.80 Å². The van der Waals surface area contributed by atoms with Crippen LogP contribution >= 0.6 is 11.8 Å². The number of fused-ring (bicyclic) bond motifs is 1. The van der Waals surface area contributed by atoms with Crippen LogP contribution in [0.15, 0.2) is 0 Å². The molecule has 0 aliphatic carbocycles. The summed E-state index contributed by atoms with van der Waals surface area (Å²) in [6, 6.07) is -0.950. The van der Waals surface area contributed by atoms with Crippen LogP contribution in [0.5, 0.6) is 0 Å². The summed E-state index contributed by atoms with van der Waals surface area (Å²) in [5.41, 5.74) is -2.26. The Kier molecular flexibility index (Phi) is 5.85.